The van der Waals surface area contributed by atoms with E-state index in [1.165, 1.54) is 0 Å². The average Bonchev–Trinajstić information content (AvgIpc) is 3.37. The smallest absolute Gasteiger partial charge is 0.313 e. The highest BCUT2D eigenvalue weighted by Gasteiger charge is 2.76. The summed E-state index contributed by atoms with van der Waals surface area (Å²) >= 11 is 0. The number of carbonyl (C=O) groups is 3. The number of hydrogen-bond donors (Lipinski definition) is 1. The van der Waals surface area contributed by atoms with Crippen molar-refractivity contribution in [2.45, 2.75) is 69.7 Å². The summed E-state index contributed by atoms with van der Waals surface area (Å²) in [7, 11) is 0. The Kier molecular flexibility index (Phi) is 7.48. The minimum atomic E-state index is -1.40. The third kappa shape index (κ3) is 4.38. The molecule has 0 radical (unpaired) electrons. The molecule has 1 spiro atoms. The number of rotatable bonds is 6. The van der Waals surface area contributed by atoms with Crippen LogP contribution in [0.1, 0.15) is 46.5 Å². The monoisotopic (exact) mass is 572 g/mol. The quantitative estimate of drug-likeness (QED) is 0.407. The molecule has 4 aliphatic heterocycles. The maximum Gasteiger partial charge on any atom is 0.313 e. The summed E-state index contributed by atoms with van der Waals surface area (Å²) < 4.78 is 12.7. The first-order chi connectivity index (χ1) is 20.3. The van der Waals surface area contributed by atoms with Crippen LogP contribution in [0.5, 0.6) is 0 Å². The lowest BCUT2D eigenvalue weighted by Gasteiger charge is -2.41. The van der Waals surface area contributed by atoms with E-state index >= 15 is 0 Å². The van der Waals surface area contributed by atoms with Crippen molar-refractivity contribution in [3.8, 4) is 0 Å². The van der Waals surface area contributed by atoms with Gasteiger partial charge in [0.15, 0.2) is 0 Å². The summed E-state index contributed by atoms with van der Waals surface area (Å²) in [6.45, 7) is 6.23. The molecular weight excluding hydrogens is 532 g/mol. The molecule has 4 heterocycles. The molecule has 0 aromatic heterocycles. The molecule has 8 nitrogen and oxygen atoms in total. The molecular formula is C34H40N2O6. The van der Waals surface area contributed by atoms with Crippen molar-refractivity contribution in [2.24, 2.45) is 17.8 Å². The normalized spacial score (nSPS) is 32.5. The van der Waals surface area contributed by atoms with Gasteiger partial charge in [0.1, 0.15) is 23.2 Å². The molecule has 0 bridgehead atoms. The number of ether oxygens (including phenoxy) is 2. The number of allylic oxidation sites excluding steroid dienone is 1. The van der Waals surface area contributed by atoms with Crippen LogP contribution in [0.2, 0.25) is 0 Å². The van der Waals surface area contributed by atoms with Crippen molar-refractivity contribution >= 4 is 34.2 Å². The zero-order chi connectivity index (χ0) is 29.6. The highest BCUT2D eigenvalue weighted by atomic mass is 16.6. The molecule has 8 heteroatoms. The molecule has 6 atom stereocenters. The molecule has 2 saturated heterocycles. The Morgan fingerprint density at radius 3 is 2.52 bits per heavy atom. The van der Waals surface area contributed by atoms with Crippen molar-refractivity contribution in [3.05, 3.63) is 66.8 Å². The van der Waals surface area contributed by atoms with Crippen LogP contribution in [0.15, 0.2) is 66.8 Å². The van der Waals surface area contributed by atoms with Crippen molar-refractivity contribution in [2.75, 3.05) is 24.7 Å². The number of benzene rings is 2. The average molecular weight is 573 g/mol. The van der Waals surface area contributed by atoms with Crippen LogP contribution in [0.4, 0.5) is 5.69 Å². The first-order valence-corrected chi connectivity index (χ1v) is 15.2. The van der Waals surface area contributed by atoms with Crippen LogP contribution in [0.25, 0.3) is 10.8 Å². The maximum atomic E-state index is 14.8. The molecule has 42 heavy (non-hydrogen) atoms. The van der Waals surface area contributed by atoms with Gasteiger partial charge in [0.2, 0.25) is 5.91 Å². The summed E-state index contributed by atoms with van der Waals surface area (Å²) in [5, 5.41) is 12.6. The molecule has 1 N–H and O–H groups in total. The number of anilines is 1. The number of amides is 2. The Hall–Kier alpha value is -3.49. The summed E-state index contributed by atoms with van der Waals surface area (Å²) in [4.78, 5) is 46.5. The number of fused-ring (bicyclic) bond motifs is 3. The fourth-order valence-corrected chi connectivity index (χ4v) is 7.60. The van der Waals surface area contributed by atoms with Crippen LogP contribution in [0.3, 0.4) is 0 Å². The van der Waals surface area contributed by atoms with Crippen LogP contribution in [-0.2, 0) is 23.9 Å². The lowest BCUT2D eigenvalue weighted by molar-refractivity contribution is -0.161. The molecule has 2 amide bonds. The summed E-state index contributed by atoms with van der Waals surface area (Å²) in [5.74, 6) is -2.82. The van der Waals surface area contributed by atoms with E-state index in [1.807, 2.05) is 87.5 Å². The van der Waals surface area contributed by atoms with Gasteiger partial charge in [0, 0.05) is 12.2 Å². The van der Waals surface area contributed by atoms with E-state index in [4.69, 9.17) is 9.47 Å². The molecule has 222 valence electrons. The number of hydrogen-bond acceptors (Lipinski definition) is 6. The predicted molar refractivity (Wildman–Crippen MR) is 160 cm³/mol. The van der Waals surface area contributed by atoms with Gasteiger partial charge in [-0.1, -0.05) is 75.4 Å². The second-order valence-electron chi connectivity index (χ2n) is 12.4. The predicted octanol–water partition coefficient (Wildman–Crippen LogP) is 4.40. The number of esters is 1. The van der Waals surface area contributed by atoms with Gasteiger partial charge < -0.3 is 24.4 Å². The van der Waals surface area contributed by atoms with E-state index in [1.54, 1.807) is 9.80 Å². The minimum Gasteiger partial charge on any atom is -0.465 e. The third-order valence-corrected chi connectivity index (χ3v) is 9.46. The number of likely N-dealkylation sites (tertiary alicyclic amines) is 1. The van der Waals surface area contributed by atoms with Crippen LogP contribution in [-0.4, -0.2) is 70.8 Å². The number of cyclic esters (lactones) is 1. The fraction of sp³-hybridized carbons (Fsp3) is 0.500. The van der Waals surface area contributed by atoms with E-state index in [0.29, 0.717) is 24.9 Å². The topological polar surface area (TPSA) is 96.4 Å². The zero-order valence-electron chi connectivity index (χ0n) is 24.6. The van der Waals surface area contributed by atoms with E-state index in [9.17, 15) is 19.5 Å². The van der Waals surface area contributed by atoms with Gasteiger partial charge in [0.25, 0.3) is 5.91 Å². The van der Waals surface area contributed by atoms with E-state index < -0.39 is 41.1 Å². The van der Waals surface area contributed by atoms with Crippen molar-refractivity contribution < 1.29 is 29.0 Å². The standard InChI is InChI=1S/C34H40N2O6/c1-4-33-15-8-5-9-18-41-32(40)28(33)27-30(38)36(26(21-37)19-22(2)3)29-31(39)35(17-10-16-34(27,29)42-33)25-14-13-23-11-6-7-12-24(23)20-25/h6-8,10-16,20,22,26-29,37H,4-5,9,17-19,21H2,1-3H3/b15-8-/t26-,27+,28+,29?,33-,34+/m1/s1. The van der Waals surface area contributed by atoms with E-state index in [0.717, 1.165) is 17.2 Å². The largest absolute Gasteiger partial charge is 0.465 e. The van der Waals surface area contributed by atoms with Gasteiger partial charge in [-0.3, -0.25) is 14.4 Å². The first kappa shape index (κ1) is 28.6. The van der Waals surface area contributed by atoms with Crippen molar-refractivity contribution in [3.63, 3.8) is 0 Å². The van der Waals surface area contributed by atoms with Crippen molar-refractivity contribution in [1.82, 2.24) is 4.90 Å². The van der Waals surface area contributed by atoms with E-state index in [2.05, 4.69) is 0 Å². The lowest BCUT2D eigenvalue weighted by atomic mass is 9.73. The van der Waals surface area contributed by atoms with Crippen LogP contribution >= 0.6 is 0 Å². The van der Waals surface area contributed by atoms with Crippen LogP contribution in [0, 0.1) is 17.8 Å². The number of aliphatic hydroxyl groups is 1. The van der Waals surface area contributed by atoms with Crippen LogP contribution < -0.4 is 4.90 Å². The van der Waals surface area contributed by atoms with Gasteiger partial charge in [-0.15, -0.1) is 0 Å². The third-order valence-electron chi connectivity index (χ3n) is 9.46. The number of nitrogens with zero attached hydrogens (tertiary/aromatic N) is 2. The first-order valence-electron chi connectivity index (χ1n) is 15.2. The molecule has 0 saturated carbocycles. The Balaban J connectivity index is 1.52. The highest BCUT2D eigenvalue weighted by molar-refractivity contribution is 6.06. The molecule has 4 aliphatic rings. The molecule has 6 rings (SSSR count). The van der Waals surface area contributed by atoms with Gasteiger partial charge in [0.05, 0.1) is 25.2 Å². The molecule has 1 unspecified atom stereocenters. The lowest BCUT2D eigenvalue weighted by Crippen LogP contribution is -2.59. The minimum absolute atomic E-state index is 0.160. The Morgan fingerprint density at radius 1 is 1.00 bits per heavy atom. The van der Waals surface area contributed by atoms with Crippen molar-refractivity contribution in [1.29, 1.82) is 0 Å². The molecule has 0 aliphatic carbocycles. The second-order valence-corrected chi connectivity index (χ2v) is 12.4. The highest BCUT2D eigenvalue weighted by Crippen LogP contribution is 2.58. The Labute approximate surface area is 246 Å². The molecule has 2 aromatic carbocycles. The fourth-order valence-electron chi connectivity index (χ4n) is 7.60. The zero-order valence-corrected chi connectivity index (χ0v) is 24.6. The Morgan fingerprint density at radius 2 is 1.79 bits per heavy atom. The van der Waals surface area contributed by atoms with E-state index in [-0.39, 0.29) is 37.5 Å². The summed E-state index contributed by atoms with van der Waals surface area (Å²) in [6, 6.07) is 12.2. The SMILES string of the molecule is CC[C@@]12/C=C\CCCOC(=O)[C@@H]1[C@H]1C(=O)N([C@@H](CO)CC(C)C)C3C(=O)N(c4ccc5ccccc5c4)CC=C[C@@]31O2. The van der Waals surface area contributed by atoms with Gasteiger partial charge in [-0.2, -0.15) is 0 Å². The summed E-state index contributed by atoms with van der Waals surface area (Å²) in [6.07, 6.45) is 10.0. The Bertz CT molecular complexity index is 1450. The number of carbonyl (C=O) groups excluding carboxylic acids is 3. The van der Waals surface area contributed by atoms with Gasteiger partial charge in [-0.25, -0.2) is 0 Å². The summed E-state index contributed by atoms with van der Waals surface area (Å²) in [5.41, 5.74) is -1.78. The molecule has 2 aromatic rings. The number of aliphatic hydroxyl groups excluding tert-OH is 1. The van der Waals surface area contributed by atoms with Gasteiger partial charge in [-0.05, 0) is 54.5 Å². The maximum absolute atomic E-state index is 14.8. The second kappa shape index (κ2) is 11.0. The molecule has 2 fully saturated rings. The van der Waals surface area contributed by atoms with Gasteiger partial charge >= 0.3 is 5.97 Å².